The lowest BCUT2D eigenvalue weighted by Gasteiger charge is -2.18. The Balaban J connectivity index is 1.49. The van der Waals surface area contributed by atoms with E-state index in [2.05, 4.69) is 60.5 Å². The van der Waals surface area contributed by atoms with Crippen LogP contribution in [0.15, 0.2) is 72.8 Å². The Morgan fingerprint density at radius 2 is 1.35 bits per heavy atom. The molecule has 0 saturated carbocycles. The summed E-state index contributed by atoms with van der Waals surface area (Å²) in [5.41, 5.74) is 5.81. The van der Waals surface area contributed by atoms with Crippen molar-refractivity contribution < 1.29 is 9.90 Å². The van der Waals surface area contributed by atoms with Crippen molar-refractivity contribution in [2.75, 3.05) is 18.4 Å². The first-order valence-electron chi connectivity index (χ1n) is 11.1. The molecule has 3 aromatic carbocycles. The summed E-state index contributed by atoms with van der Waals surface area (Å²) >= 11 is 0. The highest BCUT2D eigenvalue weighted by Gasteiger charge is 2.09. The normalized spacial score (nSPS) is 10.9. The lowest BCUT2D eigenvalue weighted by atomic mass is 10.0. The molecule has 0 aliphatic carbocycles. The molecule has 0 radical (unpaired) electrons. The van der Waals surface area contributed by atoms with Gasteiger partial charge in [-0.15, -0.1) is 0 Å². The van der Waals surface area contributed by atoms with E-state index in [9.17, 15) is 9.90 Å². The Morgan fingerprint density at radius 1 is 0.806 bits per heavy atom. The van der Waals surface area contributed by atoms with Gasteiger partial charge in [0.1, 0.15) is 0 Å². The summed E-state index contributed by atoms with van der Waals surface area (Å²) in [5, 5.41) is 12.5. The molecule has 0 spiro atoms. The third kappa shape index (κ3) is 6.69. The third-order valence-corrected chi connectivity index (χ3v) is 5.64. The number of carbonyl (C=O) groups is 1. The van der Waals surface area contributed by atoms with E-state index in [1.807, 2.05) is 18.2 Å². The summed E-state index contributed by atoms with van der Waals surface area (Å²) in [6.07, 6.45) is 3.19. The monoisotopic (exact) mass is 416 g/mol. The molecule has 0 saturated heterocycles. The molecule has 0 heterocycles. The number of anilines is 2. The van der Waals surface area contributed by atoms with E-state index >= 15 is 0 Å². The largest absolute Gasteiger partial charge is 0.478 e. The first kappa shape index (κ1) is 22.6. The van der Waals surface area contributed by atoms with Crippen molar-refractivity contribution in [3.8, 4) is 0 Å². The average molecular weight is 417 g/mol. The molecule has 162 valence electrons. The minimum absolute atomic E-state index is 0.273. The van der Waals surface area contributed by atoms with Crippen LogP contribution in [0.3, 0.4) is 0 Å². The minimum atomic E-state index is -0.930. The molecular formula is C27H32N2O2. The van der Waals surface area contributed by atoms with Gasteiger partial charge in [-0.05, 0) is 73.3 Å². The molecule has 0 bridgehead atoms. The van der Waals surface area contributed by atoms with Gasteiger partial charge in [0, 0.05) is 12.2 Å². The zero-order valence-electron chi connectivity index (χ0n) is 18.5. The summed E-state index contributed by atoms with van der Waals surface area (Å²) in [6.45, 7) is 7.59. The maximum absolute atomic E-state index is 11.4. The molecular weight excluding hydrogens is 384 g/mol. The number of carboxylic acid groups (broad SMARTS) is 1. The number of hydrogen-bond acceptors (Lipinski definition) is 3. The fraction of sp³-hybridized carbons (Fsp3) is 0.296. The fourth-order valence-electron chi connectivity index (χ4n) is 3.70. The zero-order valence-corrected chi connectivity index (χ0v) is 18.5. The van der Waals surface area contributed by atoms with Crippen LogP contribution in [0.2, 0.25) is 0 Å². The number of hydrogen-bond donors (Lipinski definition) is 2. The van der Waals surface area contributed by atoms with Gasteiger partial charge in [-0.2, -0.15) is 0 Å². The fourth-order valence-corrected chi connectivity index (χ4v) is 3.70. The summed E-state index contributed by atoms with van der Waals surface area (Å²) in [4.78, 5) is 13.8. The quantitative estimate of drug-likeness (QED) is 0.394. The predicted octanol–water partition coefficient (Wildman–Crippen LogP) is 6.15. The number of nitrogens with zero attached hydrogens (tertiary/aromatic N) is 1. The van der Waals surface area contributed by atoms with Crippen LogP contribution in [-0.4, -0.2) is 29.1 Å². The second-order valence-electron chi connectivity index (χ2n) is 7.80. The molecule has 0 unspecified atom stereocenters. The average Bonchev–Trinajstić information content (AvgIpc) is 2.80. The number of para-hydroxylation sites is 1. The molecule has 3 aromatic rings. The summed E-state index contributed by atoms with van der Waals surface area (Å²) in [7, 11) is 0. The van der Waals surface area contributed by atoms with E-state index in [0.29, 0.717) is 5.69 Å². The van der Waals surface area contributed by atoms with Crippen LogP contribution in [0.1, 0.15) is 47.3 Å². The molecule has 0 amide bonds. The Labute approximate surface area is 185 Å². The van der Waals surface area contributed by atoms with E-state index in [0.717, 1.165) is 44.6 Å². The molecule has 2 N–H and O–H groups in total. The van der Waals surface area contributed by atoms with Gasteiger partial charge in [0.2, 0.25) is 0 Å². The van der Waals surface area contributed by atoms with Crippen molar-refractivity contribution in [3.05, 3.63) is 95.1 Å². The summed E-state index contributed by atoms with van der Waals surface area (Å²) in [6, 6.07) is 24.2. The van der Waals surface area contributed by atoms with Gasteiger partial charge in [-0.3, -0.25) is 4.90 Å². The number of aryl methyl sites for hydroxylation is 2. The molecule has 0 aliphatic rings. The zero-order chi connectivity index (χ0) is 22.1. The van der Waals surface area contributed by atoms with Crippen LogP contribution >= 0.6 is 0 Å². The van der Waals surface area contributed by atoms with Crippen molar-refractivity contribution in [2.24, 2.45) is 0 Å². The van der Waals surface area contributed by atoms with E-state index in [1.54, 1.807) is 18.2 Å². The van der Waals surface area contributed by atoms with E-state index in [1.165, 1.54) is 16.7 Å². The second-order valence-corrected chi connectivity index (χ2v) is 7.80. The van der Waals surface area contributed by atoms with Crippen molar-refractivity contribution in [1.82, 2.24) is 4.90 Å². The molecule has 4 heteroatoms. The van der Waals surface area contributed by atoms with Crippen LogP contribution in [-0.2, 0) is 19.4 Å². The highest BCUT2D eigenvalue weighted by Crippen LogP contribution is 2.22. The first-order chi connectivity index (χ1) is 15.1. The van der Waals surface area contributed by atoms with E-state index in [-0.39, 0.29) is 5.56 Å². The molecule has 3 rings (SSSR count). The first-order valence-corrected chi connectivity index (χ1v) is 11.1. The van der Waals surface area contributed by atoms with Gasteiger partial charge in [-0.25, -0.2) is 4.79 Å². The summed E-state index contributed by atoms with van der Waals surface area (Å²) < 4.78 is 0. The Bertz CT molecular complexity index is 961. The number of aromatic carboxylic acids is 1. The predicted molar refractivity (Wildman–Crippen MR) is 128 cm³/mol. The Kier molecular flexibility index (Phi) is 8.25. The van der Waals surface area contributed by atoms with Crippen molar-refractivity contribution in [1.29, 1.82) is 0 Å². The molecule has 0 aliphatic heterocycles. The molecule has 0 aromatic heterocycles. The van der Waals surface area contributed by atoms with Crippen LogP contribution in [0, 0.1) is 0 Å². The number of benzene rings is 3. The number of rotatable bonds is 11. The maximum atomic E-state index is 11.4. The SMILES string of the molecule is CCN(CC)Cc1ccc(CCCc2ccc(Nc3ccccc3C(=O)O)cc2)cc1. The van der Waals surface area contributed by atoms with Crippen LogP contribution in [0.4, 0.5) is 11.4 Å². The lowest BCUT2D eigenvalue weighted by molar-refractivity contribution is 0.0698. The van der Waals surface area contributed by atoms with Crippen LogP contribution in [0.25, 0.3) is 0 Å². The Hall–Kier alpha value is -3.11. The Morgan fingerprint density at radius 3 is 1.94 bits per heavy atom. The topological polar surface area (TPSA) is 52.6 Å². The maximum Gasteiger partial charge on any atom is 0.337 e. The van der Waals surface area contributed by atoms with Crippen molar-refractivity contribution >= 4 is 17.3 Å². The molecule has 4 nitrogen and oxygen atoms in total. The highest BCUT2D eigenvalue weighted by molar-refractivity contribution is 5.95. The molecule has 0 atom stereocenters. The number of carboxylic acids is 1. The van der Waals surface area contributed by atoms with E-state index in [4.69, 9.17) is 0 Å². The van der Waals surface area contributed by atoms with Crippen LogP contribution in [0.5, 0.6) is 0 Å². The van der Waals surface area contributed by atoms with Crippen molar-refractivity contribution in [3.63, 3.8) is 0 Å². The highest BCUT2D eigenvalue weighted by atomic mass is 16.4. The second kappa shape index (κ2) is 11.3. The smallest absolute Gasteiger partial charge is 0.337 e. The summed E-state index contributed by atoms with van der Waals surface area (Å²) in [5.74, 6) is -0.930. The van der Waals surface area contributed by atoms with Gasteiger partial charge in [0.15, 0.2) is 0 Å². The van der Waals surface area contributed by atoms with Gasteiger partial charge in [-0.1, -0.05) is 62.4 Å². The van der Waals surface area contributed by atoms with E-state index < -0.39 is 5.97 Å². The van der Waals surface area contributed by atoms with Crippen LogP contribution < -0.4 is 5.32 Å². The van der Waals surface area contributed by atoms with Gasteiger partial charge >= 0.3 is 5.97 Å². The van der Waals surface area contributed by atoms with Crippen molar-refractivity contribution in [2.45, 2.75) is 39.7 Å². The van der Waals surface area contributed by atoms with Gasteiger partial charge < -0.3 is 10.4 Å². The lowest BCUT2D eigenvalue weighted by Crippen LogP contribution is -2.21. The minimum Gasteiger partial charge on any atom is -0.478 e. The standard InChI is InChI=1S/C27H32N2O2/c1-3-29(4-2)20-23-14-12-21(13-15-23)8-7-9-22-16-18-24(19-17-22)28-26-11-6-5-10-25(26)27(30)31/h5-6,10-19,28H,3-4,7-9,20H2,1-2H3,(H,30,31). The third-order valence-electron chi connectivity index (χ3n) is 5.64. The molecule has 31 heavy (non-hydrogen) atoms. The van der Waals surface area contributed by atoms with Gasteiger partial charge in [0.25, 0.3) is 0 Å². The van der Waals surface area contributed by atoms with Gasteiger partial charge in [0.05, 0.1) is 11.3 Å². The molecule has 0 fully saturated rings. The number of nitrogens with one attached hydrogen (secondary N) is 1.